The van der Waals surface area contributed by atoms with Crippen LogP contribution in [0.25, 0.3) is 0 Å². The van der Waals surface area contributed by atoms with Crippen molar-refractivity contribution in [3.8, 4) is 18.1 Å². The Balaban J connectivity index is 2.58. The number of hydrogen-bond acceptors (Lipinski definition) is 4. The van der Waals surface area contributed by atoms with Crippen LogP contribution in [0.3, 0.4) is 0 Å². The summed E-state index contributed by atoms with van der Waals surface area (Å²) >= 11 is 0. The van der Waals surface area contributed by atoms with Crippen LogP contribution in [0.5, 0.6) is 5.75 Å². The molecule has 1 saturated carbocycles. The first kappa shape index (κ1) is 19.7. The number of nitrogens with two attached hydrogens (primary N) is 1. The minimum absolute atomic E-state index is 0.108. The summed E-state index contributed by atoms with van der Waals surface area (Å²) < 4.78 is 39.3. The van der Waals surface area contributed by atoms with E-state index in [1.807, 2.05) is 0 Å². The van der Waals surface area contributed by atoms with Gasteiger partial charge in [-0.2, -0.15) is 0 Å². The molecule has 0 heterocycles. The third kappa shape index (κ3) is 3.96. The number of benzene rings is 1. The van der Waals surface area contributed by atoms with E-state index in [-0.39, 0.29) is 24.3 Å². The van der Waals surface area contributed by atoms with Crippen LogP contribution in [0.4, 0.5) is 8.78 Å². The van der Waals surface area contributed by atoms with E-state index in [1.54, 1.807) is 6.92 Å². The molecule has 1 amide bonds. The predicted octanol–water partition coefficient (Wildman–Crippen LogP) is 2.91. The molecule has 2 N–H and O–H groups in total. The lowest BCUT2D eigenvalue weighted by atomic mass is 9.73. The van der Waals surface area contributed by atoms with Gasteiger partial charge in [0.25, 0.3) is 0 Å². The number of rotatable bonds is 6. The molecule has 0 spiro atoms. The van der Waals surface area contributed by atoms with Crippen LogP contribution in [0.1, 0.15) is 54.4 Å². The molecule has 1 aromatic carbocycles. The standard InChI is InChI=1S/C19H21F2NO4/c1-3-9-26-17-14(20)10-13(18(22)23)15(16(17)21)11-7-5-6-8-12(11)19(24)25-4-2/h1,10-12H,4-9H2,2H3,(H2,22,23). The van der Waals surface area contributed by atoms with Gasteiger partial charge in [-0.05, 0) is 25.8 Å². The van der Waals surface area contributed by atoms with Crippen molar-refractivity contribution < 1.29 is 27.8 Å². The van der Waals surface area contributed by atoms with Gasteiger partial charge in [-0.15, -0.1) is 6.42 Å². The van der Waals surface area contributed by atoms with Gasteiger partial charge < -0.3 is 15.2 Å². The zero-order valence-corrected chi connectivity index (χ0v) is 14.5. The Hall–Kier alpha value is -2.62. The maximum Gasteiger partial charge on any atom is 0.309 e. The molecule has 0 saturated heterocycles. The van der Waals surface area contributed by atoms with E-state index in [0.717, 1.165) is 18.9 Å². The van der Waals surface area contributed by atoms with Gasteiger partial charge >= 0.3 is 5.97 Å². The number of amides is 1. The molecule has 2 unspecified atom stereocenters. The first-order valence-corrected chi connectivity index (χ1v) is 8.46. The molecule has 26 heavy (non-hydrogen) atoms. The Morgan fingerprint density at radius 1 is 1.35 bits per heavy atom. The van der Waals surface area contributed by atoms with Crippen molar-refractivity contribution in [1.29, 1.82) is 0 Å². The van der Waals surface area contributed by atoms with Gasteiger partial charge in [0.15, 0.2) is 17.4 Å². The molecular formula is C19H21F2NO4. The summed E-state index contributed by atoms with van der Waals surface area (Å²) in [5.41, 5.74) is 4.92. The van der Waals surface area contributed by atoms with E-state index in [1.165, 1.54) is 0 Å². The molecule has 140 valence electrons. The molecule has 5 nitrogen and oxygen atoms in total. The molecular weight excluding hydrogens is 344 g/mol. The summed E-state index contributed by atoms with van der Waals surface area (Å²) in [6.45, 7) is 1.52. The molecule has 7 heteroatoms. The maximum atomic E-state index is 15.1. The summed E-state index contributed by atoms with van der Waals surface area (Å²) in [5.74, 6) is -3.40. The lowest BCUT2D eigenvalue weighted by Crippen LogP contribution is -2.30. The summed E-state index contributed by atoms with van der Waals surface area (Å²) in [6, 6.07) is 0.837. The highest BCUT2D eigenvalue weighted by Gasteiger charge is 2.38. The fraction of sp³-hybridized carbons (Fsp3) is 0.474. The Morgan fingerprint density at radius 3 is 2.65 bits per heavy atom. The van der Waals surface area contributed by atoms with Crippen molar-refractivity contribution in [1.82, 2.24) is 0 Å². The van der Waals surface area contributed by atoms with Gasteiger partial charge in [-0.3, -0.25) is 9.59 Å². The third-order valence-corrected chi connectivity index (χ3v) is 4.51. The molecule has 2 atom stereocenters. The number of esters is 1. The first-order valence-electron chi connectivity index (χ1n) is 8.46. The zero-order chi connectivity index (χ0) is 19.3. The van der Waals surface area contributed by atoms with E-state index >= 15 is 4.39 Å². The van der Waals surface area contributed by atoms with Crippen LogP contribution >= 0.6 is 0 Å². The van der Waals surface area contributed by atoms with E-state index < -0.39 is 41.1 Å². The molecule has 0 aromatic heterocycles. The van der Waals surface area contributed by atoms with E-state index in [0.29, 0.717) is 12.8 Å². The molecule has 1 aromatic rings. The number of carbonyl (C=O) groups is 2. The van der Waals surface area contributed by atoms with Gasteiger partial charge in [-0.1, -0.05) is 18.8 Å². The van der Waals surface area contributed by atoms with Crippen LogP contribution in [0.2, 0.25) is 0 Å². The summed E-state index contributed by atoms with van der Waals surface area (Å²) in [4.78, 5) is 24.1. The zero-order valence-electron chi connectivity index (χ0n) is 14.5. The van der Waals surface area contributed by atoms with E-state index in [4.69, 9.17) is 21.6 Å². The van der Waals surface area contributed by atoms with Crippen molar-refractivity contribution in [2.75, 3.05) is 13.2 Å². The Morgan fingerprint density at radius 2 is 2.04 bits per heavy atom. The van der Waals surface area contributed by atoms with Gasteiger partial charge in [-0.25, -0.2) is 8.78 Å². The SMILES string of the molecule is C#CCOc1c(F)cc(C(N)=O)c(C2CCCCC2C(=O)OCC)c1F. The third-order valence-electron chi connectivity index (χ3n) is 4.51. The fourth-order valence-corrected chi connectivity index (χ4v) is 3.44. The summed E-state index contributed by atoms with van der Waals surface area (Å²) in [5, 5.41) is 0. The number of halogens is 2. The molecule has 1 fully saturated rings. The highest BCUT2D eigenvalue weighted by Crippen LogP contribution is 2.43. The molecule has 0 bridgehead atoms. The highest BCUT2D eigenvalue weighted by molar-refractivity contribution is 5.95. The van der Waals surface area contributed by atoms with Crippen molar-refractivity contribution in [2.24, 2.45) is 11.7 Å². The first-order chi connectivity index (χ1) is 12.4. The lowest BCUT2D eigenvalue weighted by molar-refractivity contribution is -0.149. The smallest absolute Gasteiger partial charge is 0.309 e. The largest absolute Gasteiger partial charge is 0.475 e. The molecule has 2 rings (SSSR count). The highest BCUT2D eigenvalue weighted by atomic mass is 19.1. The monoisotopic (exact) mass is 365 g/mol. The number of carbonyl (C=O) groups excluding carboxylic acids is 2. The predicted molar refractivity (Wildman–Crippen MR) is 90.5 cm³/mol. The minimum Gasteiger partial charge on any atom is -0.475 e. The normalized spacial score (nSPS) is 19.5. The summed E-state index contributed by atoms with van der Waals surface area (Å²) in [6.07, 6.45) is 7.51. The van der Waals surface area contributed by atoms with E-state index in [2.05, 4.69) is 5.92 Å². The van der Waals surface area contributed by atoms with E-state index in [9.17, 15) is 14.0 Å². The number of hydrogen-bond donors (Lipinski definition) is 1. The fourth-order valence-electron chi connectivity index (χ4n) is 3.44. The second-order valence-electron chi connectivity index (χ2n) is 6.07. The maximum absolute atomic E-state index is 15.1. The number of primary amides is 1. The number of ether oxygens (including phenoxy) is 2. The molecule has 1 aliphatic rings. The quantitative estimate of drug-likeness (QED) is 0.621. The van der Waals surface area contributed by atoms with Gasteiger partial charge in [0.1, 0.15) is 6.61 Å². The Bertz CT molecular complexity index is 742. The van der Waals surface area contributed by atoms with Crippen LogP contribution in [-0.2, 0) is 9.53 Å². The Labute approximate surface area is 150 Å². The van der Waals surface area contributed by atoms with Crippen LogP contribution in [0.15, 0.2) is 6.07 Å². The Kier molecular flexibility index (Phi) is 6.56. The van der Waals surface area contributed by atoms with Gasteiger partial charge in [0.2, 0.25) is 5.91 Å². The second kappa shape index (κ2) is 8.65. The van der Waals surface area contributed by atoms with Crippen molar-refractivity contribution in [3.05, 3.63) is 28.8 Å². The van der Waals surface area contributed by atoms with Gasteiger partial charge in [0.05, 0.1) is 12.5 Å². The topological polar surface area (TPSA) is 78.6 Å². The van der Waals surface area contributed by atoms with Crippen LogP contribution in [0, 0.1) is 29.9 Å². The summed E-state index contributed by atoms with van der Waals surface area (Å²) in [7, 11) is 0. The average molecular weight is 365 g/mol. The second-order valence-corrected chi connectivity index (χ2v) is 6.07. The molecule has 0 radical (unpaired) electrons. The van der Waals surface area contributed by atoms with Crippen molar-refractivity contribution in [3.63, 3.8) is 0 Å². The van der Waals surface area contributed by atoms with Crippen LogP contribution in [-0.4, -0.2) is 25.1 Å². The average Bonchev–Trinajstić information content (AvgIpc) is 2.61. The number of terminal acetylenes is 1. The van der Waals surface area contributed by atoms with Crippen molar-refractivity contribution >= 4 is 11.9 Å². The lowest BCUT2D eigenvalue weighted by Gasteiger charge is -2.31. The van der Waals surface area contributed by atoms with Gasteiger partial charge in [0, 0.05) is 17.0 Å². The van der Waals surface area contributed by atoms with Crippen molar-refractivity contribution in [2.45, 2.75) is 38.5 Å². The minimum atomic E-state index is -1.07. The van der Waals surface area contributed by atoms with Crippen LogP contribution < -0.4 is 10.5 Å². The molecule has 0 aliphatic heterocycles. The molecule has 1 aliphatic carbocycles.